The van der Waals surface area contributed by atoms with Crippen LogP contribution < -0.4 is 5.32 Å². The minimum absolute atomic E-state index is 0.0915. The fraction of sp³-hybridized carbons (Fsp3) is 0.267. The summed E-state index contributed by atoms with van der Waals surface area (Å²) in [5.41, 5.74) is 2.02. The number of amides is 1. The lowest BCUT2D eigenvalue weighted by Crippen LogP contribution is -2.23. The molecule has 108 valence electrons. The Morgan fingerprint density at radius 1 is 1.33 bits per heavy atom. The third kappa shape index (κ3) is 3.36. The third-order valence-electron chi connectivity index (χ3n) is 3.35. The monoisotopic (exact) mass is 305 g/mol. The lowest BCUT2D eigenvalue weighted by Gasteiger charge is -2.07. The Labute approximate surface area is 126 Å². The number of hydrogen-bond acceptors (Lipinski definition) is 3. The summed E-state index contributed by atoms with van der Waals surface area (Å²) in [5.74, 6) is -0.290. The summed E-state index contributed by atoms with van der Waals surface area (Å²) in [5, 5.41) is 2.82. The molecule has 2 aromatic rings. The van der Waals surface area contributed by atoms with E-state index in [0.29, 0.717) is 5.92 Å². The molecule has 6 heteroatoms. The number of carbonyl (C=O) groups excluding carboxylic acids is 1. The first-order valence-electron chi connectivity index (χ1n) is 6.67. The first-order chi connectivity index (χ1) is 10.1. The predicted molar refractivity (Wildman–Crippen MR) is 76.6 cm³/mol. The van der Waals surface area contributed by atoms with Gasteiger partial charge in [0.1, 0.15) is 12.1 Å². The zero-order valence-electron chi connectivity index (χ0n) is 11.1. The second-order valence-electron chi connectivity index (χ2n) is 5.02. The smallest absolute Gasteiger partial charge is 0.253 e. The molecular weight excluding hydrogens is 293 g/mol. The highest BCUT2D eigenvalue weighted by molar-refractivity contribution is 6.33. The average molecular weight is 306 g/mol. The van der Waals surface area contributed by atoms with E-state index < -0.39 is 5.82 Å². The molecule has 0 radical (unpaired) electrons. The van der Waals surface area contributed by atoms with Crippen molar-refractivity contribution < 1.29 is 9.18 Å². The fourth-order valence-electron chi connectivity index (χ4n) is 2.05. The van der Waals surface area contributed by atoms with Gasteiger partial charge in [0.15, 0.2) is 0 Å². The number of rotatable bonds is 4. The maximum Gasteiger partial charge on any atom is 0.253 e. The largest absolute Gasteiger partial charge is 0.346 e. The molecular formula is C15H13ClFN3O. The normalized spacial score (nSPS) is 14.0. The number of benzene rings is 1. The van der Waals surface area contributed by atoms with E-state index in [2.05, 4.69) is 15.3 Å². The van der Waals surface area contributed by atoms with Crippen LogP contribution in [0.25, 0.3) is 0 Å². The highest BCUT2D eigenvalue weighted by atomic mass is 35.5. The van der Waals surface area contributed by atoms with E-state index in [4.69, 9.17) is 11.6 Å². The molecule has 1 aliphatic carbocycles. The van der Waals surface area contributed by atoms with E-state index in [1.54, 1.807) is 0 Å². The zero-order chi connectivity index (χ0) is 14.8. The maximum absolute atomic E-state index is 13.0. The van der Waals surface area contributed by atoms with Crippen LogP contribution in [0.2, 0.25) is 5.02 Å². The molecule has 1 amide bonds. The van der Waals surface area contributed by atoms with Gasteiger partial charge in [-0.05, 0) is 37.1 Å². The van der Waals surface area contributed by atoms with Crippen molar-refractivity contribution in [1.29, 1.82) is 0 Å². The van der Waals surface area contributed by atoms with Crippen LogP contribution in [-0.2, 0) is 6.54 Å². The fourth-order valence-corrected chi connectivity index (χ4v) is 2.31. The molecule has 1 N–H and O–H groups in total. The van der Waals surface area contributed by atoms with Crippen LogP contribution in [-0.4, -0.2) is 15.9 Å². The summed E-state index contributed by atoms with van der Waals surface area (Å²) in [6, 6.07) is 5.59. The number of nitrogens with one attached hydrogen (secondary N) is 1. The first-order valence-corrected chi connectivity index (χ1v) is 7.05. The Morgan fingerprint density at radius 2 is 2.14 bits per heavy atom. The van der Waals surface area contributed by atoms with Crippen LogP contribution in [0, 0.1) is 5.82 Å². The number of hydrogen-bond donors (Lipinski definition) is 1. The molecule has 1 aromatic carbocycles. The SMILES string of the molecule is O=C(NCc1cc(C2CC2)ncn1)c1ccc(F)cc1Cl. The first kappa shape index (κ1) is 13.9. The van der Waals surface area contributed by atoms with Gasteiger partial charge in [-0.15, -0.1) is 0 Å². The summed E-state index contributed by atoms with van der Waals surface area (Å²) in [6.45, 7) is 0.286. The molecule has 1 saturated carbocycles. The Morgan fingerprint density at radius 3 is 2.86 bits per heavy atom. The van der Waals surface area contributed by atoms with Crippen LogP contribution in [0.3, 0.4) is 0 Å². The molecule has 21 heavy (non-hydrogen) atoms. The van der Waals surface area contributed by atoms with Gasteiger partial charge in [-0.3, -0.25) is 4.79 Å². The van der Waals surface area contributed by atoms with Gasteiger partial charge in [-0.1, -0.05) is 11.6 Å². The van der Waals surface area contributed by atoms with Gasteiger partial charge < -0.3 is 5.32 Å². The summed E-state index contributed by atoms with van der Waals surface area (Å²) < 4.78 is 13.0. The topological polar surface area (TPSA) is 54.9 Å². The van der Waals surface area contributed by atoms with Crippen molar-refractivity contribution in [3.05, 3.63) is 58.4 Å². The molecule has 1 aliphatic rings. The van der Waals surface area contributed by atoms with Crippen LogP contribution in [0.4, 0.5) is 4.39 Å². The van der Waals surface area contributed by atoms with Crippen LogP contribution in [0.15, 0.2) is 30.6 Å². The van der Waals surface area contributed by atoms with Gasteiger partial charge in [-0.2, -0.15) is 0 Å². The quantitative estimate of drug-likeness (QED) is 0.944. The van der Waals surface area contributed by atoms with E-state index in [9.17, 15) is 9.18 Å². The molecule has 0 atom stereocenters. The lowest BCUT2D eigenvalue weighted by molar-refractivity contribution is 0.0950. The van der Waals surface area contributed by atoms with E-state index in [1.807, 2.05) is 6.07 Å². The van der Waals surface area contributed by atoms with Gasteiger partial charge in [0.25, 0.3) is 5.91 Å². The van der Waals surface area contributed by atoms with Gasteiger partial charge in [-0.25, -0.2) is 14.4 Å². The van der Waals surface area contributed by atoms with Crippen molar-refractivity contribution in [2.45, 2.75) is 25.3 Å². The molecule has 0 bridgehead atoms. The summed E-state index contributed by atoms with van der Waals surface area (Å²) >= 11 is 5.85. The molecule has 1 aromatic heterocycles. The van der Waals surface area contributed by atoms with Crippen molar-refractivity contribution in [1.82, 2.24) is 15.3 Å². The Hall–Kier alpha value is -2.01. The number of carbonyl (C=O) groups is 1. The highest BCUT2D eigenvalue weighted by Gasteiger charge is 2.25. The molecule has 3 rings (SSSR count). The van der Waals surface area contributed by atoms with Gasteiger partial charge in [0.05, 0.1) is 22.8 Å². The second-order valence-corrected chi connectivity index (χ2v) is 5.42. The van der Waals surface area contributed by atoms with Crippen molar-refractivity contribution in [2.24, 2.45) is 0 Å². The van der Waals surface area contributed by atoms with E-state index in [-0.39, 0.29) is 23.0 Å². The zero-order valence-corrected chi connectivity index (χ0v) is 11.9. The maximum atomic E-state index is 13.0. The van der Waals surface area contributed by atoms with Crippen molar-refractivity contribution in [2.75, 3.05) is 0 Å². The van der Waals surface area contributed by atoms with Gasteiger partial charge >= 0.3 is 0 Å². The lowest BCUT2D eigenvalue weighted by atomic mass is 10.2. The minimum Gasteiger partial charge on any atom is -0.346 e. The summed E-state index contributed by atoms with van der Waals surface area (Å²) in [6.07, 6.45) is 3.84. The molecule has 0 aliphatic heterocycles. The van der Waals surface area contributed by atoms with Crippen molar-refractivity contribution in [3.63, 3.8) is 0 Å². The molecule has 0 unspecified atom stereocenters. The Balaban J connectivity index is 1.66. The third-order valence-corrected chi connectivity index (χ3v) is 3.66. The molecule has 0 saturated heterocycles. The van der Waals surface area contributed by atoms with E-state index >= 15 is 0 Å². The van der Waals surface area contributed by atoms with Crippen LogP contribution in [0.5, 0.6) is 0 Å². The minimum atomic E-state index is -0.471. The van der Waals surface area contributed by atoms with Crippen LogP contribution >= 0.6 is 11.6 Å². The molecule has 4 nitrogen and oxygen atoms in total. The second kappa shape index (κ2) is 5.77. The van der Waals surface area contributed by atoms with E-state index in [0.717, 1.165) is 30.3 Å². The Kier molecular flexibility index (Phi) is 3.84. The summed E-state index contributed by atoms with van der Waals surface area (Å²) in [4.78, 5) is 20.4. The number of aromatic nitrogens is 2. The number of halogens is 2. The van der Waals surface area contributed by atoms with Crippen molar-refractivity contribution >= 4 is 17.5 Å². The summed E-state index contributed by atoms with van der Waals surface area (Å²) in [7, 11) is 0. The molecule has 1 heterocycles. The van der Waals surface area contributed by atoms with E-state index in [1.165, 1.54) is 18.5 Å². The molecule has 1 fully saturated rings. The Bertz CT molecular complexity index is 688. The van der Waals surface area contributed by atoms with Gasteiger partial charge in [0, 0.05) is 11.6 Å². The standard InChI is InChI=1S/C15H13ClFN3O/c16-13-5-10(17)3-4-12(13)15(21)18-7-11-6-14(9-1-2-9)20-8-19-11/h3-6,8-9H,1-2,7H2,(H,18,21). The molecule has 0 spiro atoms. The highest BCUT2D eigenvalue weighted by Crippen LogP contribution is 2.38. The van der Waals surface area contributed by atoms with Gasteiger partial charge in [0.2, 0.25) is 0 Å². The van der Waals surface area contributed by atoms with Crippen molar-refractivity contribution in [3.8, 4) is 0 Å². The van der Waals surface area contributed by atoms with Crippen LogP contribution in [0.1, 0.15) is 40.5 Å². The average Bonchev–Trinajstić information content (AvgIpc) is 3.30. The number of nitrogens with zero attached hydrogens (tertiary/aromatic N) is 2. The predicted octanol–water partition coefficient (Wildman–Crippen LogP) is 3.08.